The van der Waals surface area contributed by atoms with Gasteiger partial charge in [-0.15, -0.1) is 0 Å². The fraction of sp³-hybridized carbons (Fsp3) is 0.316. The average molecular weight is 320 g/mol. The van der Waals surface area contributed by atoms with Crippen LogP contribution in [0.3, 0.4) is 0 Å². The molecular weight excluding hydrogens is 300 g/mol. The Morgan fingerprint density at radius 2 is 2.17 bits per heavy atom. The Balaban J connectivity index is 1.55. The Hall–Kier alpha value is -2.69. The van der Waals surface area contributed by atoms with Crippen LogP contribution in [0.5, 0.6) is 0 Å². The van der Waals surface area contributed by atoms with Crippen molar-refractivity contribution in [1.82, 2.24) is 19.9 Å². The highest BCUT2D eigenvalue weighted by Crippen LogP contribution is 2.22. The van der Waals surface area contributed by atoms with Gasteiger partial charge in [-0.25, -0.2) is 4.98 Å². The van der Waals surface area contributed by atoms with Crippen LogP contribution in [0.1, 0.15) is 41.0 Å². The standard InChI is InChI=1S/C19H20N4O/c24-19(21-13-14-5-4-9-20-12-14)15-7-8-17-16(11-15)22-18-6-2-1-3-10-23(17)18/h4-5,7-9,11-12H,1-3,6,10,13H2,(H,21,24). The summed E-state index contributed by atoms with van der Waals surface area (Å²) < 4.78 is 2.31. The molecule has 1 N–H and O–H groups in total. The van der Waals surface area contributed by atoms with E-state index in [4.69, 9.17) is 4.98 Å². The van der Waals surface area contributed by atoms with E-state index in [-0.39, 0.29) is 5.91 Å². The molecule has 1 amide bonds. The molecule has 3 heterocycles. The van der Waals surface area contributed by atoms with E-state index in [9.17, 15) is 4.79 Å². The van der Waals surface area contributed by atoms with Crippen molar-refractivity contribution in [3.63, 3.8) is 0 Å². The normalized spacial score (nSPS) is 14.2. The van der Waals surface area contributed by atoms with Crippen LogP contribution in [-0.2, 0) is 19.5 Å². The Kier molecular flexibility index (Phi) is 3.99. The number of hydrogen-bond acceptors (Lipinski definition) is 3. The molecule has 5 heteroatoms. The first-order chi connectivity index (χ1) is 11.8. The average Bonchev–Trinajstić information content (AvgIpc) is 2.80. The molecule has 0 atom stereocenters. The number of aromatic nitrogens is 3. The maximum absolute atomic E-state index is 12.4. The van der Waals surface area contributed by atoms with Gasteiger partial charge in [0.25, 0.3) is 5.91 Å². The van der Waals surface area contributed by atoms with Gasteiger partial charge in [-0.2, -0.15) is 0 Å². The molecular formula is C19H20N4O. The summed E-state index contributed by atoms with van der Waals surface area (Å²) in [6.45, 7) is 1.50. The van der Waals surface area contributed by atoms with Gasteiger partial charge < -0.3 is 9.88 Å². The molecule has 4 rings (SSSR count). The van der Waals surface area contributed by atoms with Crippen LogP contribution in [-0.4, -0.2) is 20.4 Å². The number of imidazole rings is 1. The number of nitrogens with one attached hydrogen (secondary N) is 1. The number of aryl methyl sites for hydroxylation is 2. The number of carbonyl (C=O) groups is 1. The smallest absolute Gasteiger partial charge is 0.251 e. The van der Waals surface area contributed by atoms with Crippen LogP contribution < -0.4 is 5.32 Å². The lowest BCUT2D eigenvalue weighted by Gasteiger charge is -2.06. The van der Waals surface area contributed by atoms with Crippen LogP contribution in [0.15, 0.2) is 42.7 Å². The Morgan fingerprint density at radius 3 is 3.04 bits per heavy atom. The molecule has 24 heavy (non-hydrogen) atoms. The Bertz CT molecular complexity index is 870. The second-order valence-corrected chi connectivity index (χ2v) is 6.24. The van der Waals surface area contributed by atoms with Gasteiger partial charge in [0.2, 0.25) is 0 Å². The first-order valence-electron chi connectivity index (χ1n) is 8.47. The maximum Gasteiger partial charge on any atom is 0.251 e. The lowest BCUT2D eigenvalue weighted by molar-refractivity contribution is 0.0951. The zero-order valence-corrected chi connectivity index (χ0v) is 13.5. The summed E-state index contributed by atoms with van der Waals surface area (Å²) in [5.41, 5.74) is 3.69. The van der Waals surface area contributed by atoms with E-state index in [1.54, 1.807) is 12.4 Å². The Labute approximate surface area is 140 Å². The van der Waals surface area contributed by atoms with Crippen LogP contribution in [0.2, 0.25) is 0 Å². The number of amides is 1. The predicted octanol–water partition coefficient (Wildman–Crippen LogP) is 3.09. The van der Waals surface area contributed by atoms with Crippen molar-refractivity contribution in [3.8, 4) is 0 Å². The van der Waals surface area contributed by atoms with Crippen LogP contribution in [0.4, 0.5) is 0 Å². The summed E-state index contributed by atoms with van der Waals surface area (Å²) >= 11 is 0. The molecule has 122 valence electrons. The number of carbonyl (C=O) groups excluding carboxylic acids is 1. The predicted molar refractivity (Wildman–Crippen MR) is 92.7 cm³/mol. The number of benzene rings is 1. The van der Waals surface area contributed by atoms with E-state index in [1.165, 1.54) is 19.3 Å². The minimum Gasteiger partial charge on any atom is -0.348 e. The van der Waals surface area contributed by atoms with Crippen molar-refractivity contribution in [2.45, 2.75) is 38.8 Å². The number of fused-ring (bicyclic) bond motifs is 3. The van der Waals surface area contributed by atoms with E-state index >= 15 is 0 Å². The molecule has 0 saturated carbocycles. The molecule has 1 aliphatic heterocycles. The fourth-order valence-corrected chi connectivity index (χ4v) is 3.28. The molecule has 1 aromatic carbocycles. The lowest BCUT2D eigenvalue weighted by Crippen LogP contribution is -2.22. The van der Waals surface area contributed by atoms with Gasteiger partial charge >= 0.3 is 0 Å². The van der Waals surface area contributed by atoms with Crippen LogP contribution in [0, 0.1) is 0 Å². The topological polar surface area (TPSA) is 59.8 Å². The minimum absolute atomic E-state index is 0.0797. The highest BCUT2D eigenvalue weighted by atomic mass is 16.1. The van der Waals surface area contributed by atoms with Gasteiger partial charge in [0, 0.05) is 37.5 Å². The van der Waals surface area contributed by atoms with E-state index in [0.29, 0.717) is 12.1 Å². The maximum atomic E-state index is 12.4. The molecule has 3 aromatic rings. The van der Waals surface area contributed by atoms with Gasteiger partial charge in [-0.1, -0.05) is 12.5 Å². The van der Waals surface area contributed by atoms with Gasteiger partial charge in [-0.3, -0.25) is 9.78 Å². The summed E-state index contributed by atoms with van der Waals surface area (Å²) in [7, 11) is 0. The van der Waals surface area contributed by atoms with Gasteiger partial charge in [0.1, 0.15) is 5.82 Å². The first kappa shape index (κ1) is 14.9. The largest absolute Gasteiger partial charge is 0.348 e. The van der Waals surface area contributed by atoms with E-state index in [0.717, 1.165) is 35.4 Å². The number of rotatable bonds is 3. The third kappa shape index (κ3) is 2.89. The van der Waals surface area contributed by atoms with Crippen molar-refractivity contribution >= 4 is 16.9 Å². The zero-order chi connectivity index (χ0) is 16.4. The SMILES string of the molecule is O=C(NCc1cccnc1)c1ccc2c(c1)nc1n2CCCCC1. The second kappa shape index (κ2) is 6.43. The molecule has 0 unspecified atom stereocenters. The van der Waals surface area contributed by atoms with E-state index < -0.39 is 0 Å². The van der Waals surface area contributed by atoms with Crippen molar-refractivity contribution in [3.05, 3.63) is 59.7 Å². The monoisotopic (exact) mass is 320 g/mol. The molecule has 5 nitrogen and oxygen atoms in total. The summed E-state index contributed by atoms with van der Waals surface area (Å²) in [5, 5.41) is 2.94. The lowest BCUT2D eigenvalue weighted by atomic mass is 10.1. The quantitative estimate of drug-likeness (QED) is 0.807. The highest BCUT2D eigenvalue weighted by molar-refractivity contribution is 5.97. The zero-order valence-electron chi connectivity index (χ0n) is 13.5. The molecule has 0 aliphatic carbocycles. The highest BCUT2D eigenvalue weighted by Gasteiger charge is 2.15. The van der Waals surface area contributed by atoms with Crippen molar-refractivity contribution in [1.29, 1.82) is 0 Å². The molecule has 0 fully saturated rings. The van der Waals surface area contributed by atoms with Crippen molar-refractivity contribution in [2.75, 3.05) is 0 Å². The number of pyridine rings is 1. The molecule has 2 aromatic heterocycles. The van der Waals surface area contributed by atoms with Crippen molar-refractivity contribution in [2.24, 2.45) is 0 Å². The van der Waals surface area contributed by atoms with E-state index in [2.05, 4.69) is 14.9 Å². The minimum atomic E-state index is -0.0797. The third-order valence-electron chi connectivity index (χ3n) is 4.55. The molecule has 0 radical (unpaired) electrons. The Morgan fingerprint density at radius 1 is 1.21 bits per heavy atom. The summed E-state index contributed by atoms with van der Waals surface area (Å²) in [4.78, 5) is 21.2. The first-order valence-corrected chi connectivity index (χ1v) is 8.47. The number of hydrogen-bond donors (Lipinski definition) is 1. The van der Waals surface area contributed by atoms with E-state index in [1.807, 2.05) is 30.3 Å². The second-order valence-electron chi connectivity index (χ2n) is 6.24. The molecule has 1 aliphatic rings. The van der Waals surface area contributed by atoms with Crippen LogP contribution in [0.25, 0.3) is 11.0 Å². The third-order valence-corrected chi connectivity index (χ3v) is 4.55. The number of nitrogens with zero attached hydrogens (tertiary/aromatic N) is 3. The van der Waals surface area contributed by atoms with Crippen LogP contribution >= 0.6 is 0 Å². The van der Waals surface area contributed by atoms with Gasteiger partial charge in [0.05, 0.1) is 11.0 Å². The molecule has 0 spiro atoms. The molecule has 0 saturated heterocycles. The van der Waals surface area contributed by atoms with Crippen molar-refractivity contribution < 1.29 is 4.79 Å². The van der Waals surface area contributed by atoms with Gasteiger partial charge in [0.15, 0.2) is 0 Å². The summed E-state index contributed by atoms with van der Waals surface area (Å²) in [6.07, 6.45) is 8.17. The molecule has 0 bridgehead atoms. The fourth-order valence-electron chi connectivity index (χ4n) is 3.28. The summed E-state index contributed by atoms with van der Waals surface area (Å²) in [6, 6.07) is 9.63. The van der Waals surface area contributed by atoms with Gasteiger partial charge in [-0.05, 0) is 42.7 Å². The summed E-state index contributed by atoms with van der Waals surface area (Å²) in [5.74, 6) is 1.07.